The maximum atomic E-state index is 4.74. The summed E-state index contributed by atoms with van der Waals surface area (Å²) in [5.41, 5.74) is 2.26. The van der Waals surface area contributed by atoms with E-state index in [1.165, 1.54) is 4.88 Å². The lowest BCUT2D eigenvalue weighted by molar-refractivity contribution is 0.575. The van der Waals surface area contributed by atoms with Gasteiger partial charge in [0.05, 0.1) is 11.4 Å². The van der Waals surface area contributed by atoms with Crippen LogP contribution in [0.15, 0.2) is 12.3 Å². The summed E-state index contributed by atoms with van der Waals surface area (Å²) in [7, 11) is 0. The lowest BCUT2D eigenvalue weighted by Gasteiger charge is -2.11. The van der Waals surface area contributed by atoms with Gasteiger partial charge >= 0.3 is 0 Å². The number of hydrogen-bond acceptors (Lipinski definition) is 4. The molecule has 20 heavy (non-hydrogen) atoms. The summed E-state index contributed by atoms with van der Waals surface area (Å²) in [6.45, 7) is 10.7. The van der Waals surface area contributed by atoms with Crippen molar-refractivity contribution in [2.45, 2.75) is 53.1 Å². The van der Waals surface area contributed by atoms with Gasteiger partial charge in [-0.25, -0.2) is 4.98 Å². The molecule has 5 heteroatoms. The Balaban J connectivity index is 2.24. The van der Waals surface area contributed by atoms with Crippen LogP contribution >= 0.6 is 11.3 Å². The summed E-state index contributed by atoms with van der Waals surface area (Å²) >= 11 is 1.78. The number of hydrogen-bond donors (Lipinski definition) is 1. The number of rotatable bonds is 7. The van der Waals surface area contributed by atoms with Crippen LogP contribution in [0.2, 0.25) is 0 Å². The Hall–Kier alpha value is -1.20. The lowest BCUT2D eigenvalue weighted by Crippen LogP contribution is -2.18. The summed E-state index contributed by atoms with van der Waals surface area (Å²) in [4.78, 5) is 6.07. The zero-order valence-corrected chi connectivity index (χ0v) is 13.6. The largest absolute Gasteiger partial charge is 0.309 e. The first kappa shape index (κ1) is 15.2. The van der Waals surface area contributed by atoms with E-state index in [4.69, 9.17) is 4.98 Å². The first-order valence-corrected chi connectivity index (χ1v) is 8.21. The Morgan fingerprint density at radius 3 is 2.85 bits per heavy atom. The first-order chi connectivity index (χ1) is 9.67. The van der Waals surface area contributed by atoms with Gasteiger partial charge in [-0.1, -0.05) is 13.8 Å². The van der Waals surface area contributed by atoms with Crippen LogP contribution in [0.25, 0.3) is 10.7 Å². The highest BCUT2D eigenvalue weighted by molar-refractivity contribution is 7.15. The smallest absolute Gasteiger partial charge is 0.142 e. The monoisotopic (exact) mass is 292 g/mol. The van der Waals surface area contributed by atoms with E-state index >= 15 is 0 Å². The molecule has 0 fully saturated rings. The summed E-state index contributed by atoms with van der Waals surface area (Å²) < 4.78 is 2.05. The predicted octanol–water partition coefficient (Wildman–Crippen LogP) is 3.79. The zero-order chi connectivity index (χ0) is 14.5. The van der Waals surface area contributed by atoms with Crippen molar-refractivity contribution >= 4 is 11.3 Å². The number of aromatic nitrogens is 3. The van der Waals surface area contributed by atoms with Crippen LogP contribution in [0.1, 0.15) is 50.2 Å². The van der Waals surface area contributed by atoms with Gasteiger partial charge in [-0.2, -0.15) is 5.10 Å². The maximum Gasteiger partial charge on any atom is 0.142 e. The van der Waals surface area contributed by atoms with E-state index in [9.17, 15) is 0 Å². The molecule has 0 aliphatic heterocycles. The Morgan fingerprint density at radius 1 is 1.35 bits per heavy atom. The molecule has 0 bridgehead atoms. The van der Waals surface area contributed by atoms with Gasteiger partial charge in [0.2, 0.25) is 0 Å². The van der Waals surface area contributed by atoms with Crippen LogP contribution in [0.5, 0.6) is 0 Å². The van der Waals surface area contributed by atoms with Crippen molar-refractivity contribution in [3.63, 3.8) is 0 Å². The second-order valence-corrected chi connectivity index (χ2v) is 6.11. The Bertz CT molecular complexity index is 544. The third-order valence-electron chi connectivity index (χ3n) is 3.30. The van der Waals surface area contributed by atoms with E-state index < -0.39 is 0 Å². The maximum absolute atomic E-state index is 4.74. The lowest BCUT2D eigenvalue weighted by atomic mass is 10.2. The fraction of sp³-hybridized carbons (Fsp3) is 0.600. The quantitative estimate of drug-likeness (QED) is 0.844. The molecule has 1 N–H and O–H groups in total. The molecule has 0 amide bonds. The van der Waals surface area contributed by atoms with Crippen molar-refractivity contribution in [2.75, 3.05) is 6.54 Å². The molecule has 0 saturated carbocycles. The molecule has 1 atom stereocenters. The molecule has 2 aromatic heterocycles. The zero-order valence-electron chi connectivity index (χ0n) is 12.8. The second-order valence-electron chi connectivity index (χ2n) is 5.08. The fourth-order valence-corrected chi connectivity index (χ4v) is 3.40. The second kappa shape index (κ2) is 6.99. The SMILES string of the molecule is CCCNC(C)c1sc(-c2ccnn2CCC)nc1C. The third kappa shape index (κ3) is 3.27. The standard InChI is InChI=1S/C15H24N4S/c1-5-8-16-11(3)14-12(4)18-15(20-14)13-7-9-17-19(13)10-6-2/h7,9,11,16H,5-6,8,10H2,1-4H3. The molecule has 0 aromatic carbocycles. The van der Waals surface area contributed by atoms with E-state index in [1.54, 1.807) is 11.3 Å². The minimum atomic E-state index is 0.365. The molecule has 0 radical (unpaired) electrons. The van der Waals surface area contributed by atoms with E-state index in [0.717, 1.165) is 42.3 Å². The first-order valence-electron chi connectivity index (χ1n) is 7.40. The van der Waals surface area contributed by atoms with Crippen molar-refractivity contribution < 1.29 is 0 Å². The van der Waals surface area contributed by atoms with E-state index in [2.05, 4.69) is 44.2 Å². The number of aryl methyl sites for hydroxylation is 2. The van der Waals surface area contributed by atoms with Crippen LogP contribution in [-0.2, 0) is 6.54 Å². The summed E-state index contributed by atoms with van der Waals surface area (Å²) in [5, 5.41) is 9.00. The molecule has 2 aromatic rings. The Kier molecular flexibility index (Phi) is 5.31. The minimum absolute atomic E-state index is 0.365. The van der Waals surface area contributed by atoms with Crippen LogP contribution in [0.4, 0.5) is 0 Å². The molecule has 0 spiro atoms. The van der Waals surface area contributed by atoms with E-state index in [1.807, 2.05) is 10.9 Å². The van der Waals surface area contributed by atoms with Gasteiger partial charge in [0.25, 0.3) is 0 Å². The van der Waals surface area contributed by atoms with Crippen molar-refractivity contribution in [1.29, 1.82) is 0 Å². The predicted molar refractivity (Wildman–Crippen MR) is 85.1 cm³/mol. The highest BCUT2D eigenvalue weighted by Crippen LogP contribution is 2.31. The normalized spacial score (nSPS) is 12.8. The molecule has 0 aliphatic carbocycles. The molecular formula is C15H24N4S. The van der Waals surface area contributed by atoms with Crippen molar-refractivity contribution in [1.82, 2.24) is 20.1 Å². The van der Waals surface area contributed by atoms with Gasteiger partial charge in [0.15, 0.2) is 0 Å². The van der Waals surface area contributed by atoms with Crippen LogP contribution in [0, 0.1) is 6.92 Å². The number of nitrogens with zero attached hydrogens (tertiary/aromatic N) is 3. The summed E-state index contributed by atoms with van der Waals surface area (Å²) in [6, 6.07) is 2.42. The Labute approximate surface area is 125 Å². The summed E-state index contributed by atoms with van der Waals surface area (Å²) in [6.07, 6.45) is 4.10. The molecule has 0 aliphatic rings. The summed E-state index contributed by atoms with van der Waals surface area (Å²) in [5.74, 6) is 0. The van der Waals surface area contributed by atoms with Gasteiger partial charge < -0.3 is 5.32 Å². The fourth-order valence-electron chi connectivity index (χ4n) is 2.28. The van der Waals surface area contributed by atoms with Gasteiger partial charge in [-0.3, -0.25) is 4.68 Å². The van der Waals surface area contributed by atoms with Gasteiger partial charge in [0.1, 0.15) is 5.01 Å². The van der Waals surface area contributed by atoms with Gasteiger partial charge in [-0.15, -0.1) is 11.3 Å². The minimum Gasteiger partial charge on any atom is -0.309 e. The van der Waals surface area contributed by atoms with Gasteiger partial charge in [0, 0.05) is 23.7 Å². The van der Waals surface area contributed by atoms with Crippen LogP contribution in [0.3, 0.4) is 0 Å². The molecule has 0 saturated heterocycles. The van der Waals surface area contributed by atoms with E-state index in [-0.39, 0.29) is 0 Å². The Morgan fingerprint density at radius 2 is 2.15 bits per heavy atom. The molecule has 2 heterocycles. The topological polar surface area (TPSA) is 42.7 Å². The van der Waals surface area contributed by atoms with Crippen molar-refractivity contribution in [3.8, 4) is 10.7 Å². The van der Waals surface area contributed by atoms with Crippen molar-refractivity contribution in [2.24, 2.45) is 0 Å². The highest BCUT2D eigenvalue weighted by Gasteiger charge is 2.16. The average Bonchev–Trinajstić information content (AvgIpc) is 3.03. The number of nitrogens with one attached hydrogen (secondary N) is 1. The van der Waals surface area contributed by atoms with Crippen LogP contribution < -0.4 is 5.32 Å². The molecule has 2 rings (SSSR count). The molecule has 1 unspecified atom stereocenters. The number of thiazole rings is 1. The molecule has 110 valence electrons. The van der Waals surface area contributed by atoms with Crippen molar-refractivity contribution in [3.05, 3.63) is 22.8 Å². The highest BCUT2D eigenvalue weighted by atomic mass is 32.1. The van der Waals surface area contributed by atoms with Gasteiger partial charge in [-0.05, 0) is 39.3 Å². The van der Waals surface area contributed by atoms with Crippen LogP contribution in [-0.4, -0.2) is 21.3 Å². The third-order valence-corrected chi connectivity index (χ3v) is 4.66. The van der Waals surface area contributed by atoms with E-state index in [0.29, 0.717) is 6.04 Å². The molecular weight excluding hydrogens is 268 g/mol. The average molecular weight is 292 g/mol. The molecule has 4 nitrogen and oxygen atoms in total.